The van der Waals surface area contributed by atoms with Gasteiger partial charge in [-0.25, -0.2) is 16.8 Å². The van der Waals surface area contributed by atoms with Gasteiger partial charge in [0.15, 0.2) is 0 Å². The molecule has 0 atom stereocenters. The van der Waals surface area contributed by atoms with Crippen LogP contribution >= 0.6 is 0 Å². The third-order valence-electron chi connectivity index (χ3n) is 5.15. The number of nitrogens with zero attached hydrogens (tertiary/aromatic N) is 3. The molecule has 1 amide bonds. The van der Waals surface area contributed by atoms with Crippen LogP contribution in [0.25, 0.3) is 0 Å². The van der Waals surface area contributed by atoms with Crippen LogP contribution in [-0.4, -0.2) is 58.0 Å². The number of rotatable bonds is 7. The summed E-state index contributed by atoms with van der Waals surface area (Å²) in [6.45, 7) is 0.340. The van der Waals surface area contributed by atoms with Gasteiger partial charge in [0.05, 0.1) is 28.8 Å². The first-order valence-corrected chi connectivity index (χ1v) is 12.9. The Balaban J connectivity index is 1.76. The number of benzene rings is 2. The van der Waals surface area contributed by atoms with Crippen molar-refractivity contribution in [3.8, 4) is 6.07 Å². The summed E-state index contributed by atoms with van der Waals surface area (Å²) in [6.07, 6.45) is 2.54. The van der Waals surface area contributed by atoms with Gasteiger partial charge in [0.1, 0.15) is 4.90 Å². The Kier molecular flexibility index (Phi) is 7.30. The van der Waals surface area contributed by atoms with Gasteiger partial charge in [-0.05, 0) is 49.2 Å². The minimum Gasteiger partial charge on any atom is -0.324 e. The van der Waals surface area contributed by atoms with E-state index in [4.69, 9.17) is 5.26 Å². The molecule has 32 heavy (non-hydrogen) atoms. The van der Waals surface area contributed by atoms with E-state index in [0.29, 0.717) is 18.7 Å². The van der Waals surface area contributed by atoms with Crippen molar-refractivity contribution >= 4 is 31.6 Å². The van der Waals surface area contributed by atoms with E-state index < -0.39 is 32.5 Å². The summed E-state index contributed by atoms with van der Waals surface area (Å²) >= 11 is 0. The Morgan fingerprint density at radius 3 is 2.28 bits per heavy atom. The molecule has 0 radical (unpaired) electrons. The number of likely N-dealkylation sites (N-methyl/N-ethyl adjacent to an activating group) is 1. The molecule has 9 nitrogen and oxygen atoms in total. The minimum absolute atomic E-state index is 0.0205. The fourth-order valence-electron chi connectivity index (χ4n) is 3.40. The number of sulfonamides is 2. The van der Waals surface area contributed by atoms with E-state index in [2.05, 4.69) is 5.32 Å². The van der Waals surface area contributed by atoms with Crippen LogP contribution < -0.4 is 5.32 Å². The van der Waals surface area contributed by atoms with Crippen LogP contribution in [0.4, 0.5) is 5.69 Å². The number of piperidine rings is 1. The molecule has 0 bridgehead atoms. The zero-order chi connectivity index (χ0) is 23.4. The fraction of sp³-hybridized carbons (Fsp3) is 0.333. The van der Waals surface area contributed by atoms with Crippen molar-refractivity contribution in [1.82, 2.24) is 8.61 Å². The lowest BCUT2D eigenvalue weighted by molar-refractivity contribution is -0.116. The highest BCUT2D eigenvalue weighted by Crippen LogP contribution is 2.27. The normalized spacial score (nSPS) is 15.3. The van der Waals surface area contributed by atoms with Crippen molar-refractivity contribution in [3.63, 3.8) is 0 Å². The third kappa shape index (κ3) is 5.16. The summed E-state index contributed by atoms with van der Waals surface area (Å²) in [6, 6.07) is 13.3. The van der Waals surface area contributed by atoms with E-state index in [9.17, 15) is 21.6 Å². The van der Waals surface area contributed by atoms with Crippen molar-refractivity contribution in [2.75, 3.05) is 32.0 Å². The van der Waals surface area contributed by atoms with E-state index >= 15 is 0 Å². The Morgan fingerprint density at radius 2 is 1.66 bits per heavy atom. The van der Waals surface area contributed by atoms with E-state index in [1.165, 1.54) is 47.8 Å². The quantitative estimate of drug-likeness (QED) is 0.651. The topological polar surface area (TPSA) is 128 Å². The average molecular weight is 477 g/mol. The predicted octanol–water partition coefficient (Wildman–Crippen LogP) is 1.99. The monoisotopic (exact) mass is 476 g/mol. The molecule has 1 aliphatic heterocycles. The molecule has 1 aliphatic rings. The highest BCUT2D eigenvalue weighted by atomic mass is 32.2. The van der Waals surface area contributed by atoms with Crippen molar-refractivity contribution in [2.45, 2.75) is 29.1 Å². The molecule has 0 unspecified atom stereocenters. The fourth-order valence-corrected chi connectivity index (χ4v) is 6.19. The molecule has 1 heterocycles. The first-order chi connectivity index (χ1) is 15.2. The summed E-state index contributed by atoms with van der Waals surface area (Å²) in [5, 5.41) is 11.4. The van der Waals surface area contributed by atoms with Gasteiger partial charge < -0.3 is 5.32 Å². The summed E-state index contributed by atoms with van der Waals surface area (Å²) in [5.74, 6) is -0.675. The average Bonchev–Trinajstić information content (AvgIpc) is 2.79. The van der Waals surface area contributed by atoms with Gasteiger partial charge in [0.25, 0.3) is 0 Å². The number of hydrogen-bond donors (Lipinski definition) is 1. The Bertz CT molecular complexity index is 1230. The largest absolute Gasteiger partial charge is 0.324 e. The van der Waals surface area contributed by atoms with Gasteiger partial charge in [0.2, 0.25) is 26.0 Å². The summed E-state index contributed by atoms with van der Waals surface area (Å²) in [4.78, 5) is 12.5. The van der Waals surface area contributed by atoms with Gasteiger partial charge in [-0.3, -0.25) is 4.79 Å². The maximum Gasteiger partial charge on any atom is 0.245 e. The lowest BCUT2D eigenvalue weighted by Gasteiger charge is -2.27. The van der Waals surface area contributed by atoms with Crippen molar-refractivity contribution in [2.24, 2.45) is 0 Å². The Hall–Kier alpha value is -2.78. The third-order valence-corrected chi connectivity index (χ3v) is 8.93. The molecular weight excluding hydrogens is 452 g/mol. The molecule has 170 valence electrons. The van der Waals surface area contributed by atoms with Gasteiger partial charge in [0, 0.05) is 20.1 Å². The molecule has 1 N–H and O–H groups in total. The number of nitrogens with one attached hydrogen (secondary N) is 1. The molecule has 11 heteroatoms. The van der Waals surface area contributed by atoms with Crippen LogP contribution in [0.1, 0.15) is 24.8 Å². The Labute approximate surface area is 188 Å². The molecule has 0 saturated carbocycles. The molecule has 3 rings (SSSR count). The zero-order valence-electron chi connectivity index (χ0n) is 17.6. The highest BCUT2D eigenvalue weighted by Gasteiger charge is 2.29. The zero-order valence-corrected chi connectivity index (χ0v) is 19.2. The molecule has 2 aromatic carbocycles. The summed E-state index contributed by atoms with van der Waals surface area (Å²) in [7, 11) is -6.50. The summed E-state index contributed by atoms with van der Waals surface area (Å²) < 4.78 is 53.8. The first kappa shape index (κ1) is 23.9. The van der Waals surface area contributed by atoms with Crippen LogP contribution in [0.5, 0.6) is 0 Å². The van der Waals surface area contributed by atoms with Gasteiger partial charge >= 0.3 is 0 Å². The van der Waals surface area contributed by atoms with Gasteiger partial charge in [-0.15, -0.1) is 0 Å². The smallest absolute Gasteiger partial charge is 0.245 e. The van der Waals surface area contributed by atoms with Crippen LogP contribution in [0, 0.1) is 11.3 Å². The lowest BCUT2D eigenvalue weighted by Crippen LogP contribution is -2.37. The number of carbonyl (C=O) groups is 1. The number of hydrogen-bond acceptors (Lipinski definition) is 6. The number of para-hydroxylation sites is 1. The number of nitriles is 1. The number of amides is 1. The van der Waals surface area contributed by atoms with E-state index in [1.807, 2.05) is 6.07 Å². The van der Waals surface area contributed by atoms with Crippen molar-refractivity contribution in [3.05, 3.63) is 54.1 Å². The second-order valence-corrected chi connectivity index (χ2v) is 11.4. The van der Waals surface area contributed by atoms with Crippen LogP contribution in [0.3, 0.4) is 0 Å². The molecule has 1 fully saturated rings. The van der Waals surface area contributed by atoms with Crippen molar-refractivity contribution < 1.29 is 21.6 Å². The molecule has 0 aromatic heterocycles. The lowest BCUT2D eigenvalue weighted by atomic mass is 10.2. The van der Waals surface area contributed by atoms with Crippen LogP contribution in [-0.2, 0) is 24.8 Å². The second kappa shape index (κ2) is 9.79. The van der Waals surface area contributed by atoms with Crippen molar-refractivity contribution in [1.29, 1.82) is 5.26 Å². The maximum atomic E-state index is 13.1. The van der Waals surface area contributed by atoms with Gasteiger partial charge in [-0.1, -0.05) is 18.6 Å². The minimum atomic E-state index is -3.97. The number of carbonyl (C=O) groups excluding carboxylic acids is 1. The molecule has 1 saturated heterocycles. The van der Waals surface area contributed by atoms with Crippen LogP contribution in [0.2, 0.25) is 0 Å². The standard InChI is InChI=1S/C21H24N4O5S2/c1-24(31(27,28)18-11-9-17(15-22)10-12-18)16-21(26)23-19-7-3-4-8-20(19)32(29,30)25-13-5-2-6-14-25/h3-4,7-12H,2,5-6,13-14,16H2,1H3,(H,23,26). The predicted molar refractivity (Wildman–Crippen MR) is 119 cm³/mol. The maximum absolute atomic E-state index is 13.1. The second-order valence-electron chi connectivity index (χ2n) is 7.41. The van der Waals surface area contributed by atoms with Gasteiger partial charge in [-0.2, -0.15) is 13.9 Å². The molecular formula is C21H24N4O5S2. The Morgan fingerprint density at radius 1 is 1.03 bits per heavy atom. The molecule has 2 aromatic rings. The van der Waals surface area contributed by atoms with E-state index in [-0.39, 0.29) is 15.5 Å². The van der Waals surface area contributed by atoms with E-state index in [0.717, 1.165) is 23.6 Å². The van der Waals surface area contributed by atoms with E-state index in [1.54, 1.807) is 12.1 Å². The highest BCUT2D eigenvalue weighted by molar-refractivity contribution is 7.89. The SMILES string of the molecule is CN(CC(=O)Nc1ccccc1S(=O)(=O)N1CCCCC1)S(=O)(=O)c1ccc(C#N)cc1. The number of anilines is 1. The molecule has 0 spiro atoms. The first-order valence-electron chi connectivity index (χ1n) is 10.0. The molecule has 0 aliphatic carbocycles. The van der Waals surface area contributed by atoms with Crippen LogP contribution in [0.15, 0.2) is 58.3 Å². The summed E-state index contributed by atoms with van der Waals surface area (Å²) in [5.41, 5.74) is 0.420.